The predicted octanol–water partition coefficient (Wildman–Crippen LogP) is 0.224. The van der Waals surface area contributed by atoms with Gasteiger partial charge in [-0.25, -0.2) is 0 Å². The van der Waals surface area contributed by atoms with E-state index < -0.39 is 30.6 Å². The smallest absolute Gasteiger partial charge is 0.305 e. The molecular formula is C13H17NO4. The maximum atomic E-state index is 10.4. The van der Waals surface area contributed by atoms with Crippen LogP contribution in [0.15, 0.2) is 36.4 Å². The molecule has 0 spiro atoms. The third-order valence-corrected chi connectivity index (χ3v) is 2.48. The number of hydrogen-bond donors (Lipinski definition) is 4. The second-order valence-corrected chi connectivity index (χ2v) is 4.01. The zero-order valence-electron chi connectivity index (χ0n) is 9.81. The lowest BCUT2D eigenvalue weighted by molar-refractivity contribution is -0.138. The highest BCUT2D eigenvalue weighted by Crippen LogP contribution is 2.07. The Morgan fingerprint density at radius 2 is 1.89 bits per heavy atom. The summed E-state index contributed by atoms with van der Waals surface area (Å²) in [7, 11) is 0. The van der Waals surface area contributed by atoms with Gasteiger partial charge >= 0.3 is 5.97 Å². The largest absolute Gasteiger partial charge is 0.481 e. The molecule has 0 aromatic heterocycles. The Balaban J connectivity index is 2.56. The van der Waals surface area contributed by atoms with Gasteiger partial charge in [-0.2, -0.15) is 0 Å². The average molecular weight is 251 g/mol. The van der Waals surface area contributed by atoms with E-state index in [4.69, 9.17) is 10.8 Å². The summed E-state index contributed by atoms with van der Waals surface area (Å²) in [4.78, 5) is 10.4. The number of carbonyl (C=O) groups is 1. The first-order valence-electron chi connectivity index (χ1n) is 5.57. The highest BCUT2D eigenvalue weighted by atomic mass is 16.4. The summed E-state index contributed by atoms with van der Waals surface area (Å²) < 4.78 is 0. The molecular weight excluding hydrogens is 234 g/mol. The van der Waals surface area contributed by atoms with Crippen molar-refractivity contribution in [1.29, 1.82) is 0 Å². The maximum Gasteiger partial charge on any atom is 0.305 e. The number of rotatable bonds is 6. The number of aliphatic hydroxyl groups is 2. The fourth-order valence-corrected chi connectivity index (χ4v) is 1.46. The minimum Gasteiger partial charge on any atom is -0.481 e. The van der Waals surface area contributed by atoms with Crippen LogP contribution < -0.4 is 5.73 Å². The minimum absolute atomic E-state index is 0.391. The molecule has 0 saturated carbocycles. The fraction of sp³-hybridized carbons (Fsp3) is 0.308. The SMILES string of the molecule is NC(CC(=O)O)C(O)C(O)C=Cc1ccccc1. The van der Waals surface area contributed by atoms with Gasteiger partial charge in [-0.3, -0.25) is 4.79 Å². The van der Waals surface area contributed by atoms with E-state index in [1.165, 1.54) is 6.08 Å². The molecule has 98 valence electrons. The molecule has 0 aliphatic carbocycles. The van der Waals surface area contributed by atoms with Crippen LogP contribution in [-0.2, 0) is 4.79 Å². The van der Waals surface area contributed by atoms with Gasteiger partial charge in [0, 0.05) is 6.04 Å². The summed E-state index contributed by atoms with van der Waals surface area (Å²) in [6, 6.07) is 8.24. The van der Waals surface area contributed by atoms with Crippen molar-refractivity contribution < 1.29 is 20.1 Å². The number of aliphatic carboxylic acids is 1. The van der Waals surface area contributed by atoms with Gasteiger partial charge in [0.15, 0.2) is 0 Å². The Hall–Kier alpha value is -1.69. The molecule has 0 bridgehead atoms. The van der Waals surface area contributed by atoms with Gasteiger partial charge in [-0.05, 0) is 5.56 Å². The monoisotopic (exact) mass is 251 g/mol. The van der Waals surface area contributed by atoms with E-state index in [2.05, 4.69) is 0 Å². The zero-order chi connectivity index (χ0) is 13.5. The minimum atomic E-state index is -1.30. The first-order chi connectivity index (χ1) is 8.50. The number of hydrogen-bond acceptors (Lipinski definition) is 4. The van der Waals surface area contributed by atoms with E-state index in [0.717, 1.165) is 5.56 Å². The number of nitrogens with two attached hydrogens (primary N) is 1. The number of carboxylic acid groups (broad SMARTS) is 1. The van der Waals surface area contributed by atoms with Crippen LogP contribution in [0.1, 0.15) is 12.0 Å². The zero-order valence-corrected chi connectivity index (χ0v) is 9.81. The topological polar surface area (TPSA) is 104 Å². The third kappa shape index (κ3) is 4.67. The Morgan fingerprint density at radius 3 is 2.44 bits per heavy atom. The van der Waals surface area contributed by atoms with Crippen molar-refractivity contribution in [2.24, 2.45) is 5.73 Å². The normalized spacial score (nSPS) is 16.4. The summed E-state index contributed by atoms with van der Waals surface area (Å²) >= 11 is 0. The molecule has 1 aromatic carbocycles. The van der Waals surface area contributed by atoms with E-state index in [9.17, 15) is 15.0 Å². The Labute approximate surface area is 105 Å². The molecule has 0 radical (unpaired) electrons. The fourth-order valence-electron chi connectivity index (χ4n) is 1.46. The Morgan fingerprint density at radius 1 is 1.28 bits per heavy atom. The Kier molecular flexibility index (Phi) is 5.51. The van der Waals surface area contributed by atoms with Crippen LogP contribution in [0, 0.1) is 0 Å². The predicted molar refractivity (Wildman–Crippen MR) is 67.7 cm³/mol. The van der Waals surface area contributed by atoms with Crippen molar-refractivity contribution in [3.63, 3.8) is 0 Å². The first kappa shape index (κ1) is 14.4. The average Bonchev–Trinajstić information content (AvgIpc) is 2.35. The molecule has 0 heterocycles. The Bertz CT molecular complexity index is 405. The highest BCUT2D eigenvalue weighted by Gasteiger charge is 2.23. The van der Waals surface area contributed by atoms with Crippen LogP contribution in [0.2, 0.25) is 0 Å². The second-order valence-electron chi connectivity index (χ2n) is 4.01. The molecule has 1 aromatic rings. The van der Waals surface area contributed by atoms with E-state index >= 15 is 0 Å². The van der Waals surface area contributed by atoms with Crippen molar-refractivity contribution in [3.8, 4) is 0 Å². The van der Waals surface area contributed by atoms with E-state index in [-0.39, 0.29) is 0 Å². The van der Waals surface area contributed by atoms with Crippen LogP contribution >= 0.6 is 0 Å². The summed E-state index contributed by atoms with van der Waals surface area (Å²) in [6.07, 6.45) is 0.140. The van der Waals surface area contributed by atoms with Crippen LogP contribution in [-0.4, -0.2) is 39.5 Å². The van der Waals surface area contributed by atoms with Gasteiger partial charge in [-0.1, -0.05) is 42.5 Å². The lowest BCUT2D eigenvalue weighted by Gasteiger charge is -2.20. The number of benzene rings is 1. The van der Waals surface area contributed by atoms with E-state index in [1.807, 2.05) is 30.3 Å². The van der Waals surface area contributed by atoms with E-state index in [1.54, 1.807) is 6.08 Å². The molecule has 0 fully saturated rings. The second kappa shape index (κ2) is 6.90. The van der Waals surface area contributed by atoms with E-state index in [0.29, 0.717) is 0 Å². The first-order valence-corrected chi connectivity index (χ1v) is 5.57. The van der Waals surface area contributed by atoms with Gasteiger partial charge in [0.1, 0.15) is 0 Å². The van der Waals surface area contributed by atoms with Gasteiger partial charge in [-0.15, -0.1) is 0 Å². The number of aliphatic hydroxyl groups excluding tert-OH is 2. The lowest BCUT2D eigenvalue weighted by Crippen LogP contribution is -2.43. The standard InChI is InChI=1S/C13H17NO4/c14-10(8-12(16)17)13(18)11(15)7-6-9-4-2-1-3-5-9/h1-7,10-11,13,15,18H,8,14H2,(H,16,17). The van der Waals surface area contributed by atoms with Crippen LogP contribution in [0.25, 0.3) is 6.08 Å². The summed E-state index contributed by atoms with van der Waals surface area (Å²) in [5.41, 5.74) is 6.33. The highest BCUT2D eigenvalue weighted by molar-refractivity contribution is 5.67. The molecule has 5 heteroatoms. The van der Waals surface area contributed by atoms with Crippen molar-refractivity contribution in [3.05, 3.63) is 42.0 Å². The lowest BCUT2D eigenvalue weighted by atomic mass is 10.0. The van der Waals surface area contributed by atoms with Crippen molar-refractivity contribution in [2.45, 2.75) is 24.7 Å². The van der Waals surface area contributed by atoms with Crippen molar-refractivity contribution in [1.82, 2.24) is 0 Å². The molecule has 18 heavy (non-hydrogen) atoms. The molecule has 0 saturated heterocycles. The third-order valence-electron chi connectivity index (χ3n) is 2.48. The number of carboxylic acids is 1. The summed E-state index contributed by atoms with van der Waals surface area (Å²) in [5, 5.41) is 27.8. The van der Waals surface area contributed by atoms with Gasteiger partial charge < -0.3 is 21.1 Å². The molecule has 5 N–H and O–H groups in total. The van der Waals surface area contributed by atoms with Crippen LogP contribution in [0.3, 0.4) is 0 Å². The molecule has 0 amide bonds. The van der Waals surface area contributed by atoms with Crippen LogP contribution in [0.4, 0.5) is 0 Å². The van der Waals surface area contributed by atoms with Gasteiger partial charge in [0.25, 0.3) is 0 Å². The molecule has 0 aliphatic heterocycles. The summed E-state index contributed by atoms with van der Waals surface area (Å²) in [5.74, 6) is -1.11. The molecule has 0 aliphatic rings. The van der Waals surface area contributed by atoms with Crippen LogP contribution in [0.5, 0.6) is 0 Å². The van der Waals surface area contributed by atoms with Gasteiger partial charge in [0.05, 0.1) is 18.6 Å². The van der Waals surface area contributed by atoms with Crippen molar-refractivity contribution in [2.75, 3.05) is 0 Å². The summed E-state index contributed by atoms with van der Waals surface area (Å²) in [6.45, 7) is 0. The molecule has 1 rings (SSSR count). The maximum absolute atomic E-state index is 10.4. The van der Waals surface area contributed by atoms with Crippen molar-refractivity contribution >= 4 is 12.0 Å². The molecule has 3 unspecified atom stereocenters. The molecule has 5 nitrogen and oxygen atoms in total. The van der Waals surface area contributed by atoms with Gasteiger partial charge in [0.2, 0.25) is 0 Å². The quantitative estimate of drug-likeness (QED) is 0.579. The molecule has 3 atom stereocenters.